The van der Waals surface area contributed by atoms with E-state index in [9.17, 15) is 8.78 Å². The zero-order valence-corrected chi connectivity index (χ0v) is 11.4. The number of hydrogen-bond donors (Lipinski definition) is 1. The van der Waals surface area contributed by atoms with Gasteiger partial charge >= 0.3 is 0 Å². The van der Waals surface area contributed by atoms with E-state index in [4.69, 9.17) is 9.47 Å². The summed E-state index contributed by atoms with van der Waals surface area (Å²) in [5, 5.41) is 2.92. The lowest BCUT2D eigenvalue weighted by Gasteiger charge is -2.17. The third kappa shape index (κ3) is 5.22. The van der Waals surface area contributed by atoms with E-state index in [0.717, 1.165) is 12.5 Å². The first-order valence-corrected chi connectivity index (χ1v) is 6.47. The number of halogens is 2. The molecule has 19 heavy (non-hydrogen) atoms. The maximum atomic E-state index is 13.6. The van der Waals surface area contributed by atoms with Crippen molar-refractivity contribution in [2.45, 2.75) is 19.4 Å². The molecule has 1 unspecified atom stereocenters. The number of ether oxygens (including phenoxy) is 2. The maximum Gasteiger partial charge on any atom is 0.163 e. The van der Waals surface area contributed by atoms with Crippen molar-refractivity contribution >= 4 is 0 Å². The van der Waals surface area contributed by atoms with Gasteiger partial charge in [-0.1, -0.05) is 19.1 Å². The number of likely N-dealkylation sites (N-methyl/N-ethyl adjacent to an activating group) is 1. The Balaban J connectivity index is 2.43. The van der Waals surface area contributed by atoms with Gasteiger partial charge in [-0.3, -0.25) is 0 Å². The molecule has 0 aromatic heterocycles. The molecule has 0 saturated heterocycles. The van der Waals surface area contributed by atoms with Crippen molar-refractivity contribution in [3.05, 3.63) is 35.4 Å². The number of benzene rings is 1. The number of hydrogen-bond acceptors (Lipinski definition) is 3. The van der Waals surface area contributed by atoms with Gasteiger partial charge in [0.25, 0.3) is 0 Å². The molecule has 0 aliphatic carbocycles. The standard InChI is InChI=1S/C14H21F2NO2/c1-3-7-18-8-9-19-10-13(17-2)11-5-4-6-12(15)14(11)16/h4-6,13,17H,3,7-10H2,1-2H3. The Kier molecular flexibility index (Phi) is 7.55. The van der Waals surface area contributed by atoms with Gasteiger partial charge in [0.15, 0.2) is 11.6 Å². The smallest absolute Gasteiger partial charge is 0.163 e. The Morgan fingerprint density at radius 3 is 2.58 bits per heavy atom. The normalized spacial score (nSPS) is 12.6. The second-order valence-electron chi connectivity index (χ2n) is 4.17. The van der Waals surface area contributed by atoms with Gasteiger partial charge in [-0.2, -0.15) is 0 Å². The molecule has 3 nitrogen and oxygen atoms in total. The van der Waals surface area contributed by atoms with Crippen LogP contribution in [0, 0.1) is 11.6 Å². The lowest BCUT2D eigenvalue weighted by molar-refractivity contribution is 0.0395. The van der Waals surface area contributed by atoms with Crippen LogP contribution in [0.5, 0.6) is 0 Å². The maximum absolute atomic E-state index is 13.6. The van der Waals surface area contributed by atoms with Gasteiger partial charge < -0.3 is 14.8 Å². The summed E-state index contributed by atoms with van der Waals surface area (Å²) < 4.78 is 37.4. The van der Waals surface area contributed by atoms with E-state index in [1.54, 1.807) is 13.1 Å². The monoisotopic (exact) mass is 273 g/mol. The molecule has 1 aromatic rings. The Morgan fingerprint density at radius 1 is 1.16 bits per heavy atom. The minimum absolute atomic E-state index is 0.270. The SMILES string of the molecule is CCCOCCOCC(NC)c1cccc(F)c1F. The minimum Gasteiger partial charge on any atom is -0.379 e. The molecule has 0 amide bonds. The molecule has 0 aliphatic heterocycles. The summed E-state index contributed by atoms with van der Waals surface area (Å²) in [4.78, 5) is 0. The summed E-state index contributed by atoms with van der Waals surface area (Å²) in [6.07, 6.45) is 0.966. The van der Waals surface area contributed by atoms with Crippen LogP contribution in [0.25, 0.3) is 0 Å². The molecule has 1 rings (SSSR count). The van der Waals surface area contributed by atoms with Crippen molar-refractivity contribution in [3.8, 4) is 0 Å². The van der Waals surface area contributed by atoms with Crippen LogP contribution in [-0.2, 0) is 9.47 Å². The minimum atomic E-state index is -0.843. The Bertz CT molecular complexity index is 374. The quantitative estimate of drug-likeness (QED) is 0.702. The van der Waals surface area contributed by atoms with Crippen LogP contribution < -0.4 is 5.32 Å². The molecule has 5 heteroatoms. The van der Waals surface area contributed by atoms with Crippen molar-refractivity contribution in [2.24, 2.45) is 0 Å². The Hall–Kier alpha value is -1.04. The second-order valence-corrected chi connectivity index (χ2v) is 4.17. The largest absolute Gasteiger partial charge is 0.379 e. The highest BCUT2D eigenvalue weighted by atomic mass is 19.2. The van der Waals surface area contributed by atoms with Crippen LogP contribution in [0.3, 0.4) is 0 Å². The summed E-state index contributed by atoms with van der Waals surface area (Å²) in [5.41, 5.74) is 0.275. The second kappa shape index (κ2) is 8.96. The highest BCUT2D eigenvalue weighted by Gasteiger charge is 2.16. The van der Waals surface area contributed by atoms with E-state index in [2.05, 4.69) is 5.32 Å². The predicted octanol–water partition coefficient (Wildman–Crippen LogP) is 2.67. The van der Waals surface area contributed by atoms with Gasteiger partial charge in [-0.15, -0.1) is 0 Å². The molecular weight excluding hydrogens is 252 g/mol. The van der Waals surface area contributed by atoms with E-state index >= 15 is 0 Å². The molecule has 0 heterocycles. The van der Waals surface area contributed by atoms with Crippen LogP contribution in [-0.4, -0.2) is 33.5 Å². The zero-order chi connectivity index (χ0) is 14.1. The molecule has 1 aromatic carbocycles. The average molecular weight is 273 g/mol. The number of rotatable bonds is 9. The van der Waals surface area contributed by atoms with Crippen molar-refractivity contribution in [3.63, 3.8) is 0 Å². The van der Waals surface area contributed by atoms with Gasteiger partial charge in [-0.25, -0.2) is 8.78 Å². The summed E-state index contributed by atoms with van der Waals surface area (Å²) in [6, 6.07) is 3.77. The van der Waals surface area contributed by atoms with E-state index < -0.39 is 11.6 Å². The van der Waals surface area contributed by atoms with Crippen molar-refractivity contribution in [1.29, 1.82) is 0 Å². The third-order valence-corrected chi connectivity index (χ3v) is 2.71. The molecular formula is C14H21F2NO2. The topological polar surface area (TPSA) is 30.5 Å². The fourth-order valence-corrected chi connectivity index (χ4v) is 1.68. The van der Waals surface area contributed by atoms with E-state index in [0.29, 0.717) is 19.8 Å². The van der Waals surface area contributed by atoms with E-state index in [1.165, 1.54) is 6.07 Å². The first kappa shape index (κ1) is 16.0. The van der Waals surface area contributed by atoms with Crippen molar-refractivity contribution in [2.75, 3.05) is 33.5 Å². The van der Waals surface area contributed by atoms with Gasteiger partial charge in [0.1, 0.15) is 0 Å². The molecule has 0 fully saturated rings. The molecule has 0 spiro atoms. The predicted molar refractivity (Wildman–Crippen MR) is 70.1 cm³/mol. The lowest BCUT2D eigenvalue weighted by atomic mass is 10.1. The van der Waals surface area contributed by atoms with Crippen molar-refractivity contribution < 1.29 is 18.3 Å². The third-order valence-electron chi connectivity index (χ3n) is 2.71. The first-order chi connectivity index (χ1) is 9.20. The van der Waals surface area contributed by atoms with Gasteiger partial charge in [0.05, 0.1) is 25.9 Å². The molecule has 0 saturated carbocycles. The lowest BCUT2D eigenvalue weighted by Crippen LogP contribution is -2.24. The van der Waals surface area contributed by atoms with E-state index in [-0.39, 0.29) is 18.2 Å². The van der Waals surface area contributed by atoms with E-state index in [1.807, 2.05) is 6.92 Å². The highest BCUT2D eigenvalue weighted by molar-refractivity contribution is 5.22. The summed E-state index contributed by atoms with van der Waals surface area (Å²) >= 11 is 0. The highest BCUT2D eigenvalue weighted by Crippen LogP contribution is 2.19. The van der Waals surface area contributed by atoms with Gasteiger partial charge in [0.2, 0.25) is 0 Å². The van der Waals surface area contributed by atoms with Gasteiger partial charge in [-0.05, 0) is 19.5 Å². The summed E-state index contributed by atoms with van der Waals surface area (Å²) in [5.74, 6) is -1.67. The molecule has 0 radical (unpaired) electrons. The summed E-state index contributed by atoms with van der Waals surface area (Å²) in [7, 11) is 1.69. The molecule has 108 valence electrons. The summed E-state index contributed by atoms with van der Waals surface area (Å²) in [6.45, 7) is 3.96. The average Bonchev–Trinajstić information content (AvgIpc) is 2.42. The Labute approximate surface area is 112 Å². The van der Waals surface area contributed by atoms with Crippen LogP contribution in [0.1, 0.15) is 24.9 Å². The van der Waals surface area contributed by atoms with Crippen LogP contribution >= 0.6 is 0 Å². The van der Waals surface area contributed by atoms with Crippen LogP contribution in [0.15, 0.2) is 18.2 Å². The zero-order valence-electron chi connectivity index (χ0n) is 11.4. The van der Waals surface area contributed by atoms with Crippen molar-refractivity contribution in [1.82, 2.24) is 5.32 Å². The fraction of sp³-hybridized carbons (Fsp3) is 0.571. The van der Waals surface area contributed by atoms with Gasteiger partial charge in [0, 0.05) is 12.2 Å². The first-order valence-electron chi connectivity index (χ1n) is 6.47. The molecule has 1 atom stereocenters. The fourth-order valence-electron chi connectivity index (χ4n) is 1.68. The number of nitrogens with one attached hydrogen (secondary N) is 1. The van der Waals surface area contributed by atoms with Crippen LogP contribution in [0.4, 0.5) is 8.78 Å². The molecule has 0 aliphatic rings. The Morgan fingerprint density at radius 2 is 1.89 bits per heavy atom. The van der Waals surface area contributed by atoms with Crippen LogP contribution in [0.2, 0.25) is 0 Å². The molecule has 0 bridgehead atoms. The molecule has 1 N–H and O–H groups in total.